The van der Waals surface area contributed by atoms with Crippen LogP contribution in [-0.2, 0) is 0 Å². The molecule has 0 aliphatic rings. The van der Waals surface area contributed by atoms with E-state index in [2.05, 4.69) is 19.1 Å². The second-order valence-corrected chi connectivity index (χ2v) is 4.39. The molecule has 2 N–H and O–H groups in total. The van der Waals surface area contributed by atoms with Gasteiger partial charge in [0.2, 0.25) is 0 Å². The third kappa shape index (κ3) is 2.77. The number of rotatable bonds is 3. The molecule has 2 nitrogen and oxygen atoms in total. The van der Waals surface area contributed by atoms with Gasteiger partial charge in [-0.25, -0.2) is 0 Å². The molecular weight excluding hydrogens is 220 g/mol. The number of nitrogen functional groups attached to an aromatic ring is 1. The molecule has 0 fully saturated rings. The number of nitrogens with two attached hydrogens (primary N) is 1. The predicted octanol–water partition coefficient (Wildman–Crippen LogP) is 3.84. The van der Waals surface area contributed by atoms with Crippen molar-refractivity contribution in [2.24, 2.45) is 4.99 Å². The zero-order valence-corrected chi connectivity index (χ0v) is 10.8. The highest BCUT2D eigenvalue weighted by atomic mass is 14.8. The van der Waals surface area contributed by atoms with E-state index >= 15 is 0 Å². The Bertz CT molecular complexity index is 544. The summed E-state index contributed by atoms with van der Waals surface area (Å²) in [6.45, 7) is 4.10. The average molecular weight is 238 g/mol. The molecule has 0 spiro atoms. The highest BCUT2D eigenvalue weighted by Gasteiger charge is 2.07. The van der Waals surface area contributed by atoms with Crippen molar-refractivity contribution in [1.29, 1.82) is 0 Å². The van der Waals surface area contributed by atoms with E-state index in [0.29, 0.717) is 0 Å². The number of hydrogen-bond acceptors (Lipinski definition) is 2. The molecule has 1 unspecified atom stereocenters. The number of benzene rings is 2. The van der Waals surface area contributed by atoms with Gasteiger partial charge in [0.05, 0.1) is 6.04 Å². The van der Waals surface area contributed by atoms with Crippen LogP contribution in [0.25, 0.3) is 0 Å². The Morgan fingerprint density at radius 1 is 1.00 bits per heavy atom. The van der Waals surface area contributed by atoms with E-state index in [0.717, 1.165) is 22.5 Å². The molecule has 0 aliphatic heterocycles. The highest BCUT2D eigenvalue weighted by Crippen LogP contribution is 2.23. The third-order valence-corrected chi connectivity index (χ3v) is 3.02. The van der Waals surface area contributed by atoms with Gasteiger partial charge >= 0.3 is 0 Å². The fourth-order valence-corrected chi connectivity index (χ4v) is 2.01. The van der Waals surface area contributed by atoms with Crippen LogP contribution in [0.3, 0.4) is 0 Å². The van der Waals surface area contributed by atoms with Crippen molar-refractivity contribution >= 4 is 11.4 Å². The molecule has 2 rings (SSSR count). The molecule has 1 atom stereocenters. The van der Waals surface area contributed by atoms with Gasteiger partial charge in [0, 0.05) is 11.4 Å². The zero-order valence-electron chi connectivity index (χ0n) is 10.8. The molecule has 0 amide bonds. The Balaban J connectivity index is 2.26. The van der Waals surface area contributed by atoms with Crippen LogP contribution in [-0.4, -0.2) is 5.71 Å². The largest absolute Gasteiger partial charge is 0.398 e. The monoisotopic (exact) mass is 238 g/mol. The number of aliphatic imine (C=N–C) groups is 1. The molecule has 0 bridgehead atoms. The van der Waals surface area contributed by atoms with Crippen molar-refractivity contribution in [3.8, 4) is 0 Å². The summed E-state index contributed by atoms with van der Waals surface area (Å²) in [5.41, 5.74) is 10.0. The first-order valence-electron chi connectivity index (χ1n) is 6.12. The van der Waals surface area contributed by atoms with Gasteiger partial charge in [-0.15, -0.1) is 0 Å². The molecule has 0 saturated carbocycles. The zero-order chi connectivity index (χ0) is 13.0. The summed E-state index contributed by atoms with van der Waals surface area (Å²) in [7, 11) is 0. The molecule has 0 saturated heterocycles. The topological polar surface area (TPSA) is 38.4 Å². The molecular formula is C16H18N2. The van der Waals surface area contributed by atoms with Gasteiger partial charge in [0.1, 0.15) is 0 Å². The fourth-order valence-electron chi connectivity index (χ4n) is 2.01. The van der Waals surface area contributed by atoms with Gasteiger partial charge in [-0.05, 0) is 31.0 Å². The van der Waals surface area contributed by atoms with Crippen molar-refractivity contribution in [2.45, 2.75) is 19.9 Å². The van der Waals surface area contributed by atoms with Gasteiger partial charge in [-0.3, -0.25) is 4.99 Å². The molecule has 18 heavy (non-hydrogen) atoms. The smallest absolute Gasteiger partial charge is 0.0744 e. The quantitative estimate of drug-likeness (QED) is 0.640. The predicted molar refractivity (Wildman–Crippen MR) is 77.9 cm³/mol. The van der Waals surface area contributed by atoms with Gasteiger partial charge in [0.25, 0.3) is 0 Å². The van der Waals surface area contributed by atoms with Crippen molar-refractivity contribution in [3.63, 3.8) is 0 Å². The summed E-state index contributed by atoms with van der Waals surface area (Å²) >= 11 is 0. The second-order valence-electron chi connectivity index (χ2n) is 4.39. The Morgan fingerprint density at radius 3 is 2.28 bits per heavy atom. The lowest BCUT2D eigenvalue weighted by atomic mass is 10.1. The maximum Gasteiger partial charge on any atom is 0.0744 e. The Hall–Kier alpha value is -2.09. The van der Waals surface area contributed by atoms with E-state index in [9.17, 15) is 0 Å². The van der Waals surface area contributed by atoms with Crippen LogP contribution in [0.1, 0.15) is 31.0 Å². The second kappa shape index (κ2) is 5.50. The summed E-state index contributed by atoms with van der Waals surface area (Å²) in [6.07, 6.45) is 0. The minimum atomic E-state index is 0.0754. The summed E-state index contributed by atoms with van der Waals surface area (Å²) in [4.78, 5) is 4.71. The van der Waals surface area contributed by atoms with Crippen LogP contribution in [0.4, 0.5) is 5.69 Å². The van der Waals surface area contributed by atoms with E-state index in [4.69, 9.17) is 10.7 Å². The lowest BCUT2D eigenvalue weighted by Crippen LogP contribution is -2.01. The van der Waals surface area contributed by atoms with E-state index < -0.39 is 0 Å². The third-order valence-electron chi connectivity index (χ3n) is 3.02. The van der Waals surface area contributed by atoms with Crippen LogP contribution in [0.2, 0.25) is 0 Å². The minimum absolute atomic E-state index is 0.0754. The Kier molecular flexibility index (Phi) is 3.78. The fraction of sp³-hybridized carbons (Fsp3) is 0.188. The number of anilines is 1. The van der Waals surface area contributed by atoms with Crippen LogP contribution in [0, 0.1) is 0 Å². The first-order chi connectivity index (χ1) is 8.68. The van der Waals surface area contributed by atoms with Crippen molar-refractivity contribution < 1.29 is 0 Å². The van der Waals surface area contributed by atoms with Crippen LogP contribution in [0.15, 0.2) is 59.6 Å². The maximum absolute atomic E-state index is 5.97. The van der Waals surface area contributed by atoms with Gasteiger partial charge in [-0.2, -0.15) is 0 Å². The summed E-state index contributed by atoms with van der Waals surface area (Å²) in [5.74, 6) is 0. The molecule has 92 valence electrons. The number of para-hydroxylation sites is 1. The van der Waals surface area contributed by atoms with Crippen molar-refractivity contribution in [3.05, 3.63) is 65.7 Å². The number of nitrogens with zero attached hydrogens (tertiary/aromatic N) is 1. The van der Waals surface area contributed by atoms with E-state index in [1.54, 1.807) is 0 Å². The van der Waals surface area contributed by atoms with Crippen LogP contribution in [0.5, 0.6) is 0 Å². The van der Waals surface area contributed by atoms with Crippen molar-refractivity contribution in [1.82, 2.24) is 0 Å². The Morgan fingerprint density at radius 2 is 1.61 bits per heavy atom. The maximum atomic E-state index is 5.97. The van der Waals surface area contributed by atoms with E-state index in [1.807, 2.05) is 49.4 Å². The number of hydrogen-bond donors (Lipinski definition) is 1. The summed E-state index contributed by atoms with van der Waals surface area (Å²) in [6, 6.07) is 18.2. The first-order valence-corrected chi connectivity index (χ1v) is 6.12. The van der Waals surface area contributed by atoms with Crippen LogP contribution >= 0.6 is 0 Å². The molecule has 0 heterocycles. The first kappa shape index (κ1) is 12.4. The highest BCUT2D eigenvalue weighted by molar-refractivity contribution is 5.98. The lowest BCUT2D eigenvalue weighted by molar-refractivity contribution is 0.822. The molecule has 0 aromatic heterocycles. The Labute approximate surface area is 108 Å². The molecule has 0 aliphatic carbocycles. The lowest BCUT2D eigenvalue weighted by Gasteiger charge is -2.11. The molecule has 0 radical (unpaired) electrons. The molecule has 2 aromatic carbocycles. The normalized spacial score (nSPS) is 13.3. The summed E-state index contributed by atoms with van der Waals surface area (Å²) < 4.78 is 0. The van der Waals surface area contributed by atoms with E-state index in [-0.39, 0.29) is 6.04 Å². The minimum Gasteiger partial charge on any atom is -0.398 e. The van der Waals surface area contributed by atoms with Gasteiger partial charge in [0.15, 0.2) is 0 Å². The summed E-state index contributed by atoms with van der Waals surface area (Å²) in [5, 5.41) is 0. The van der Waals surface area contributed by atoms with Crippen molar-refractivity contribution in [2.75, 3.05) is 5.73 Å². The molecule has 2 aromatic rings. The standard InChI is InChI=1S/C16H18N2/c1-12(14-8-4-3-5-9-14)18-13(2)15-10-6-7-11-16(15)17/h3-11,13H,17H2,1-2H3. The van der Waals surface area contributed by atoms with Gasteiger partial charge in [-0.1, -0.05) is 48.5 Å². The average Bonchev–Trinajstić information content (AvgIpc) is 2.40. The SMILES string of the molecule is CC(=NC(C)c1ccccc1N)c1ccccc1. The molecule has 2 heteroatoms. The van der Waals surface area contributed by atoms with Gasteiger partial charge < -0.3 is 5.73 Å². The van der Waals surface area contributed by atoms with Crippen LogP contribution < -0.4 is 5.73 Å². The van der Waals surface area contributed by atoms with E-state index in [1.165, 1.54) is 0 Å².